The maximum Gasteiger partial charge on any atom is 0.239 e. The lowest BCUT2D eigenvalue weighted by atomic mass is 10.1. The summed E-state index contributed by atoms with van der Waals surface area (Å²) in [5.41, 5.74) is 2.17. The van der Waals surface area contributed by atoms with Crippen molar-refractivity contribution >= 4 is 5.91 Å². The molecule has 0 aliphatic rings. The quantitative estimate of drug-likeness (QED) is 0.776. The van der Waals surface area contributed by atoms with E-state index < -0.39 is 6.04 Å². The summed E-state index contributed by atoms with van der Waals surface area (Å²) in [7, 11) is 3.38. The average molecular weight is 328 g/mol. The third-order valence-electron chi connectivity index (χ3n) is 3.86. The Balaban J connectivity index is 1.90. The van der Waals surface area contributed by atoms with Gasteiger partial charge in [-0.15, -0.1) is 0 Å². The molecule has 0 saturated carbocycles. The van der Waals surface area contributed by atoms with Gasteiger partial charge in [0.25, 0.3) is 0 Å². The molecule has 0 unspecified atom stereocenters. The van der Waals surface area contributed by atoms with Gasteiger partial charge in [0.15, 0.2) is 0 Å². The van der Waals surface area contributed by atoms with Gasteiger partial charge < -0.3 is 15.2 Å². The molecule has 2 aromatic carbocycles. The van der Waals surface area contributed by atoms with Gasteiger partial charge in [0.2, 0.25) is 5.91 Å². The summed E-state index contributed by atoms with van der Waals surface area (Å²) >= 11 is 0. The number of carbonyl (C=O) groups excluding carboxylic acids is 1. The fourth-order valence-electron chi connectivity index (χ4n) is 2.42. The predicted molar refractivity (Wildman–Crippen MR) is 93.6 cm³/mol. The first-order chi connectivity index (χ1) is 11.6. The Morgan fingerprint density at radius 2 is 1.79 bits per heavy atom. The molecule has 0 aliphatic heterocycles. The van der Waals surface area contributed by atoms with Crippen LogP contribution in [0, 0.1) is 0 Å². The van der Waals surface area contributed by atoms with Gasteiger partial charge in [-0.2, -0.15) is 0 Å². The second-order valence-electron chi connectivity index (χ2n) is 5.65. The van der Waals surface area contributed by atoms with Crippen LogP contribution in [0.1, 0.15) is 11.1 Å². The zero-order valence-electron chi connectivity index (χ0n) is 14.1. The van der Waals surface area contributed by atoms with Gasteiger partial charge in [0, 0.05) is 13.6 Å². The third kappa shape index (κ3) is 5.08. The molecule has 1 amide bonds. The van der Waals surface area contributed by atoms with Crippen molar-refractivity contribution in [3.63, 3.8) is 0 Å². The molecule has 2 N–H and O–H groups in total. The maximum absolute atomic E-state index is 11.7. The van der Waals surface area contributed by atoms with Gasteiger partial charge in [0.1, 0.15) is 18.4 Å². The standard InChI is InChI=1S/C19H24N2O3/c1-20-19(23)18(13-22)21(2)12-15-8-10-17(11-9-15)24-14-16-6-4-3-5-7-16/h3-11,18,22H,12-14H2,1-2H3,(H,20,23)/t18-/m0/s1. The molecule has 0 radical (unpaired) electrons. The molecular formula is C19H24N2O3. The van der Waals surface area contributed by atoms with E-state index >= 15 is 0 Å². The number of benzene rings is 2. The van der Waals surface area contributed by atoms with Crippen molar-refractivity contribution in [2.75, 3.05) is 20.7 Å². The van der Waals surface area contributed by atoms with Gasteiger partial charge in [-0.25, -0.2) is 0 Å². The van der Waals surface area contributed by atoms with Crippen molar-refractivity contribution in [2.45, 2.75) is 19.2 Å². The normalized spacial score (nSPS) is 12.0. The number of carbonyl (C=O) groups is 1. The Labute approximate surface area is 142 Å². The zero-order chi connectivity index (χ0) is 17.4. The summed E-state index contributed by atoms with van der Waals surface area (Å²) in [5, 5.41) is 11.9. The minimum atomic E-state index is -0.552. The summed E-state index contributed by atoms with van der Waals surface area (Å²) in [6.45, 7) is 0.884. The Bertz CT molecular complexity index is 629. The zero-order valence-corrected chi connectivity index (χ0v) is 14.1. The Morgan fingerprint density at radius 1 is 1.12 bits per heavy atom. The molecule has 0 heterocycles. The largest absolute Gasteiger partial charge is 0.489 e. The highest BCUT2D eigenvalue weighted by molar-refractivity contribution is 5.81. The summed E-state index contributed by atoms with van der Waals surface area (Å²) in [6, 6.07) is 17.2. The van der Waals surface area contributed by atoms with E-state index in [0.717, 1.165) is 16.9 Å². The average Bonchev–Trinajstić information content (AvgIpc) is 2.62. The van der Waals surface area contributed by atoms with Crippen LogP contribution < -0.4 is 10.1 Å². The number of nitrogens with one attached hydrogen (secondary N) is 1. The van der Waals surface area contributed by atoms with Crippen molar-refractivity contribution in [2.24, 2.45) is 0 Å². The van der Waals surface area contributed by atoms with E-state index in [0.29, 0.717) is 13.2 Å². The van der Waals surface area contributed by atoms with Crippen LogP contribution in [0.4, 0.5) is 0 Å². The molecule has 1 atom stereocenters. The predicted octanol–water partition coefficient (Wildman–Crippen LogP) is 1.80. The molecule has 2 aromatic rings. The van der Waals surface area contributed by atoms with Crippen LogP contribution in [0.5, 0.6) is 5.75 Å². The number of rotatable bonds is 8. The van der Waals surface area contributed by atoms with E-state index in [1.54, 1.807) is 7.05 Å². The Hall–Kier alpha value is -2.37. The minimum Gasteiger partial charge on any atom is -0.489 e. The van der Waals surface area contributed by atoms with Crippen LogP contribution >= 0.6 is 0 Å². The lowest BCUT2D eigenvalue weighted by Crippen LogP contribution is -2.46. The summed E-state index contributed by atoms with van der Waals surface area (Å²) < 4.78 is 5.76. The monoisotopic (exact) mass is 328 g/mol. The number of hydrogen-bond donors (Lipinski definition) is 2. The van der Waals surface area contributed by atoms with Crippen molar-refractivity contribution < 1.29 is 14.6 Å². The lowest BCUT2D eigenvalue weighted by Gasteiger charge is -2.25. The first-order valence-electron chi connectivity index (χ1n) is 7.92. The van der Waals surface area contributed by atoms with Crippen molar-refractivity contribution in [3.05, 3.63) is 65.7 Å². The fraction of sp³-hybridized carbons (Fsp3) is 0.316. The SMILES string of the molecule is CNC(=O)[C@H](CO)N(C)Cc1ccc(OCc2ccccc2)cc1. The van der Waals surface area contributed by atoms with Crippen LogP contribution in [-0.2, 0) is 17.9 Å². The summed E-state index contributed by atoms with van der Waals surface area (Å²) in [6.07, 6.45) is 0. The molecule has 0 spiro atoms. The molecule has 0 saturated heterocycles. The highest BCUT2D eigenvalue weighted by atomic mass is 16.5. The van der Waals surface area contributed by atoms with Gasteiger partial charge in [-0.1, -0.05) is 42.5 Å². The van der Waals surface area contributed by atoms with Gasteiger partial charge in [-0.05, 0) is 30.3 Å². The molecule has 2 rings (SSSR count). The van der Waals surface area contributed by atoms with E-state index in [9.17, 15) is 9.90 Å². The van der Waals surface area contributed by atoms with Crippen LogP contribution in [0.15, 0.2) is 54.6 Å². The summed E-state index contributed by atoms with van der Waals surface area (Å²) in [4.78, 5) is 13.5. The van der Waals surface area contributed by atoms with Crippen LogP contribution in [0.25, 0.3) is 0 Å². The second-order valence-corrected chi connectivity index (χ2v) is 5.65. The third-order valence-corrected chi connectivity index (χ3v) is 3.86. The Morgan fingerprint density at radius 3 is 2.38 bits per heavy atom. The number of amides is 1. The first kappa shape index (κ1) is 18.0. The van der Waals surface area contributed by atoms with Crippen molar-refractivity contribution in [1.29, 1.82) is 0 Å². The topological polar surface area (TPSA) is 61.8 Å². The van der Waals surface area contributed by atoms with E-state index in [2.05, 4.69) is 5.32 Å². The smallest absolute Gasteiger partial charge is 0.239 e. The minimum absolute atomic E-state index is 0.192. The van der Waals surface area contributed by atoms with Gasteiger partial charge >= 0.3 is 0 Å². The van der Waals surface area contributed by atoms with Gasteiger partial charge in [0.05, 0.1) is 6.61 Å². The molecule has 0 fully saturated rings. The van der Waals surface area contributed by atoms with E-state index in [1.165, 1.54) is 0 Å². The van der Waals surface area contributed by atoms with E-state index in [4.69, 9.17) is 4.74 Å². The molecule has 0 aromatic heterocycles. The number of hydrogen-bond acceptors (Lipinski definition) is 4. The highest BCUT2D eigenvalue weighted by Gasteiger charge is 2.21. The molecular weight excluding hydrogens is 304 g/mol. The lowest BCUT2D eigenvalue weighted by molar-refractivity contribution is -0.127. The molecule has 128 valence electrons. The number of aliphatic hydroxyl groups is 1. The highest BCUT2D eigenvalue weighted by Crippen LogP contribution is 2.16. The number of ether oxygens (including phenoxy) is 1. The molecule has 5 nitrogen and oxygen atoms in total. The van der Waals surface area contributed by atoms with Gasteiger partial charge in [-0.3, -0.25) is 9.69 Å². The summed E-state index contributed by atoms with van der Waals surface area (Å²) in [5.74, 6) is 0.609. The number of likely N-dealkylation sites (N-methyl/N-ethyl adjacent to an activating group) is 2. The molecule has 0 bridgehead atoms. The van der Waals surface area contributed by atoms with E-state index in [1.807, 2.05) is 66.5 Å². The number of aliphatic hydroxyl groups excluding tert-OH is 1. The van der Waals surface area contributed by atoms with Crippen LogP contribution in [0.3, 0.4) is 0 Å². The van der Waals surface area contributed by atoms with Crippen LogP contribution in [-0.4, -0.2) is 42.7 Å². The van der Waals surface area contributed by atoms with Crippen molar-refractivity contribution in [1.82, 2.24) is 10.2 Å². The molecule has 5 heteroatoms. The van der Waals surface area contributed by atoms with Crippen LogP contribution in [0.2, 0.25) is 0 Å². The van der Waals surface area contributed by atoms with Crippen molar-refractivity contribution in [3.8, 4) is 5.75 Å². The molecule has 24 heavy (non-hydrogen) atoms. The first-order valence-corrected chi connectivity index (χ1v) is 7.92. The maximum atomic E-state index is 11.7. The Kier molecular flexibility index (Phi) is 6.78. The molecule has 0 aliphatic carbocycles. The second kappa shape index (κ2) is 9.05. The van der Waals surface area contributed by atoms with E-state index in [-0.39, 0.29) is 12.5 Å². The fourth-order valence-corrected chi connectivity index (χ4v) is 2.42. The number of nitrogens with zero attached hydrogens (tertiary/aromatic N) is 1.